The van der Waals surface area contributed by atoms with Gasteiger partial charge in [-0.25, -0.2) is 12.7 Å². The molecule has 9 heteroatoms. The first-order valence-corrected chi connectivity index (χ1v) is 10.1. The summed E-state index contributed by atoms with van der Waals surface area (Å²) in [6.07, 6.45) is 1.45. The molecule has 0 saturated heterocycles. The van der Waals surface area contributed by atoms with Gasteiger partial charge in [-0.1, -0.05) is 6.08 Å². The van der Waals surface area contributed by atoms with E-state index in [9.17, 15) is 22.8 Å². The van der Waals surface area contributed by atoms with Crippen molar-refractivity contribution in [3.05, 3.63) is 71.8 Å². The van der Waals surface area contributed by atoms with E-state index >= 15 is 0 Å². The number of sulfonamides is 1. The van der Waals surface area contributed by atoms with E-state index in [1.807, 2.05) is 0 Å². The van der Waals surface area contributed by atoms with Gasteiger partial charge in [-0.2, -0.15) is 0 Å². The van der Waals surface area contributed by atoms with Crippen molar-refractivity contribution >= 4 is 33.4 Å². The van der Waals surface area contributed by atoms with Crippen molar-refractivity contribution in [1.82, 2.24) is 9.21 Å². The second-order valence-electron chi connectivity index (χ2n) is 6.54. The monoisotopic (exact) mass is 413 g/mol. The van der Waals surface area contributed by atoms with Gasteiger partial charge in [0.2, 0.25) is 10.0 Å². The molecule has 0 fully saturated rings. The van der Waals surface area contributed by atoms with Crippen LogP contribution in [0.2, 0.25) is 0 Å². The van der Waals surface area contributed by atoms with E-state index in [0.717, 1.165) is 9.21 Å². The Balaban J connectivity index is 1.80. The third kappa shape index (κ3) is 3.69. The van der Waals surface area contributed by atoms with Gasteiger partial charge in [0, 0.05) is 31.9 Å². The smallest absolute Gasteiger partial charge is 0.261 e. The average molecular weight is 413 g/mol. The van der Waals surface area contributed by atoms with E-state index in [1.165, 1.54) is 62.6 Å². The second kappa shape index (κ2) is 7.61. The maximum absolute atomic E-state index is 12.5. The van der Waals surface area contributed by atoms with Crippen molar-refractivity contribution in [2.75, 3.05) is 26.0 Å². The fourth-order valence-electron chi connectivity index (χ4n) is 2.85. The summed E-state index contributed by atoms with van der Waals surface area (Å²) in [5.74, 6) is -1.38. The van der Waals surface area contributed by atoms with Gasteiger partial charge in [0.05, 0.1) is 16.0 Å². The molecule has 2 aromatic carbocycles. The summed E-state index contributed by atoms with van der Waals surface area (Å²) in [4.78, 5) is 38.3. The molecule has 0 atom stereocenters. The van der Waals surface area contributed by atoms with Crippen LogP contribution in [-0.4, -0.2) is 56.0 Å². The predicted octanol–water partition coefficient (Wildman–Crippen LogP) is 1.97. The highest BCUT2D eigenvalue weighted by atomic mass is 32.2. The molecule has 0 radical (unpaired) electrons. The zero-order chi connectivity index (χ0) is 21.3. The number of imide groups is 1. The number of benzene rings is 2. The van der Waals surface area contributed by atoms with Crippen LogP contribution in [-0.2, 0) is 10.0 Å². The molecule has 0 spiro atoms. The zero-order valence-corrected chi connectivity index (χ0v) is 16.7. The lowest BCUT2D eigenvalue weighted by Crippen LogP contribution is -2.29. The third-order valence-electron chi connectivity index (χ3n) is 4.44. The highest BCUT2D eigenvalue weighted by Crippen LogP contribution is 2.24. The highest BCUT2D eigenvalue weighted by molar-refractivity contribution is 7.89. The van der Waals surface area contributed by atoms with Crippen LogP contribution in [0.1, 0.15) is 31.1 Å². The van der Waals surface area contributed by atoms with Gasteiger partial charge in [0.15, 0.2) is 0 Å². The normalized spacial score (nSPS) is 13.6. The first kappa shape index (κ1) is 20.4. The van der Waals surface area contributed by atoms with Gasteiger partial charge in [0.1, 0.15) is 0 Å². The lowest BCUT2D eigenvalue weighted by Gasteiger charge is -2.12. The molecule has 0 bridgehead atoms. The quantitative estimate of drug-likeness (QED) is 0.576. The van der Waals surface area contributed by atoms with Crippen LogP contribution in [0.4, 0.5) is 5.69 Å². The molecule has 0 unspecified atom stereocenters. The molecule has 1 aliphatic heterocycles. The maximum Gasteiger partial charge on any atom is 0.261 e. The van der Waals surface area contributed by atoms with Gasteiger partial charge in [-0.3, -0.25) is 19.3 Å². The fraction of sp³-hybridized carbons (Fsp3) is 0.150. The maximum atomic E-state index is 12.5. The van der Waals surface area contributed by atoms with Gasteiger partial charge < -0.3 is 5.32 Å². The average Bonchev–Trinajstić information content (AvgIpc) is 2.93. The number of nitrogens with one attached hydrogen (secondary N) is 1. The number of fused-ring (bicyclic) bond motifs is 1. The summed E-state index contributed by atoms with van der Waals surface area (Å²) >= 11 is 0. The van der Waals surface area contributed by atoms with Crippen molar-refractivity contribution in [3.63, 3.8) is 0 Å². The standard InChI is InChI=1S/C20H19N3O5S/c1-4-11-23-19(25)16-10-5-13(12-17(16)20(23)26)18(24)21-14-6-8-15(9-7-14)29(27,28)22(2)3/h4-10,12H,1,11H2,2-3H3,(H,21,24). The Kier molecular flexibility index (Phi) is 5.36. The second-order valence-corrected chi connectivity index (χ2v) is 8.69. The van der Waals surface area contributed by atoms with E-state index in [4.69, 9.17) is 0 Å². The summed E-state index contributed by atoms with van der Waals surface area (Å²) < 4.78 is 25.3. The third-order valence-corrected chi connectivity index (χ3v) is 6.26. The molecule has 1 aliphatic rings. The van der Waals surface area contributed by atoms with Gasteiger partial charge >= 0.3 is 0 Å². The van der Waals surface area contributed by atoms with E-state index in [1.54, 1.807) is 0 Å². The molecule has 150 valence electrons. The highest BCUT2D eigenvalue weighted by Gasteiger charge is 2.35. The molecule has 0 aliphatic carbocycles. The molecule has 1 heterocycles. The van der Waals surface area contributed by atoms with Crippen LogP contribution < -0.4 is 5.32 Å². The van der Waals surface area contributed by atoms with E-state index in [2.05, 4.69) is 11.9 Å². The Bertz CT molecular complexity index is 1120. The van der Waals surface area contributed by atoms with E-state index in [0.29, 0.717) is 5.69 Å². The molecule has 29 heavy (non-hydrogen) atoms. The number of amides is 3. The fourth-order valence-corrected chi connectivity index (χ4v) is 3.75. The number of rotatable bonds is 6. The van der Waals surface area contributed by atoms with E-state index in [-0.39, 0.29) is 28.1 Å². The molecule has 3 amide bonds. The summed E-state index contributed by atoms with van der Waals surface area (Å²) in [7, 11) is -0.700. The minimum absolute atomic E-state index is 0.0933. The number of hydrogen-bond acceptors (Lipinski definition) is 5. The first-order chi connectivity index (χ1) is 13.7. The molecular formula is C20H19N3O5S. The van der Waals surface area contributed by atoms with Crippen LogP contribution >= 0.6 is 0 Å². The lowest BCUT2D eigenvalue weighted by atomic mass is 10.1. The van der Waals surface area contributed by atoms with Crippen LogP contribution in [0.3, 0.4) is 0 Å². The summed E-state index contributed by atoms with van der Waals surface area (Å²) in [5, 5.41) is 2.65. The molecule has 0 aromatic heterocycles. The minimum Gasteiger partial charge on any atom is -0.322 e. The molecular weight excluding hydrogens is 394 g/mol. The summed E-state index contributed by atoms with van der Waals surface area (Å²) in [5.41, 5.74) is 1.00. The topological polar surface area (TPSA) is 104 Å². The number of hydrogen-bond donors (Lipinski definition) is 1. The molecule has 2 aromatic rings. The summed E-state index contributed by atoms with van der Waals surface area (Å²) in [6, 6.07) is 10.0. The van der Waals surface area contributed by atoms with Crippen LogP contribution in [0.25, 0.3) is 0 Å². The number of carbonyl (C=O) groups is 3. The van der Waals surface area contributed by atoms with Crippen LogP contribution in [0, 0.1) is 0 Å². The molecule has 3 rings (SSSR count). The lowest BCUT2D eigenvalue weighted by molar-refractivity contribution is 0.0672. The van der Waals surface area contributed by atoms with Gasteiger partial charge in [-0.15, -0.1) is 6.58 Å². The largest absolute Gasteiger partial charge is 0.322 e. The summed E-state index contributed by atoms with van der Waals surface area (Å²) in [6.45, 7) is 3.62. The Morgan fingerprint density at radius 1 is 1.07 bits per heavy atom. The number of carbonyl (C=O) groups excluding carboxylic acids is 3. The predicted molar refractivity (Wildman–Crippen MR) is 107 cm³/mol. The minimum atomic E-state index is -3.56. The Morgan fingerprint density at radius 3 is 2.28 bits per heavy atom. The Labute approximate surface area is 168 Å². The number of anilines is 1. The Hall–Kier alpha value is -3.30. The Morgan fingerprint density at radius 2 is 1.69 bits per heavy atom. The van der Waals surface area contributed by atoms with Crippen molar-refractivity contribution < 1.29 is 22.8 Å². The van der Waals surface area contributed by atoms with Crippen molar-refractivity contribution in [3.8, 4) is 0 Å². The van der Waals surface area contributed by atoms with E-state index < -0.39 is 27.7 Å². The van der Waals surface area contributed by atoms with Gasteiger partial charge in [-0.05, 0) is 42.5 Å². The van der Waals surface area contributed by atoms with Crippen LogP contribution in [0.5, 0.6) is 0 Å². The SMILES string of the molecule is C=CCN1C(=O)c2ccc(C(=O)Nc3ccc(S(=O)(=O)N(C)C)cc3)cc2C1=O. The zero-order valence-electron chi connectivity index (χ0n) is 15.9. The van der Waals surface area contributed by atoms with Crippen molar-refractivity contribution in [1.29, 1.82) is 0 Å². The molecule has 0 saturated carbocycles. The van der Waals surface area contributed by atoms with Crippen LogP contribution in [0.15, 0.2) is 60.0 Å². The number of nitrogens with zero attached hydrogens (tertiary/aromatic N) is 2. The van der Waals surface area contributed by atoms with Gasteiger partial charge in [0.25, 0.3) is 17.7 Å². The van der Waals surface area contributed by atoms with Crippen molar-refractivity contribution in [2.24, 2.45) is 0 Å². The molecule has 8 nitrogen and oxygen atoms in total. The molecule has 1 N–H and O–H groups in total. The van der Waals surface area contributed by atoms with Crippen molar-refractivity contribution in [2.45, 2.75) is 4.90 Å². The first-order valence-electron chi connectivity index (χ1n) is 8.62.